The van der Waals surface area contributed by atoms with E-state index in [1.807, 2.05) is 37.3 Å². The number of allylic oxidation sites excluding steroid dienone is 3. The lowest BCUT2D eigenvalue weighted by molar-refractivity contribution is 0.309. The summed E-state index contributed by atoms with van der Waals surface area (Å²) in [4.78, 5) is 0. The quantitative estimate of drug-likeness (QED) is 0.504. The van der Waals surface area contributed by atoms with Crippen molar-refractivity contribution in [2.45, 2.75) is 26.7 Å². The van der Waals surface area contributed by atoms with Gasteiger partial charge in [-0.1, -0.05) is 49.8 Å². The molecule has 0 atom stereocenters. The number of benzene rings is 1. The molecule has 1 nitrogen and oxygen atoms in total. The molecule has 0 saturated heterocycles. The summed E-state index contributed by atoms with van der Waals surface area (Å²) in [5.74, 6) is 0.955. The van der Waals surface area contributed by atoms with Gasteiger partial charge in [-0.3, -0.25) is 0 Å². The molecule has 1 heteroatoms. The largest absolute Gasteiger partial charge is 0.494 e. The Bertz CT molecular complexity index is 333. The van der Waals surface area contributed by atoms with E-state index < -0.39 is 0 Å². The van der Waals surface area contributed by atoms with E-state index in [1.165, 1.54) is 12.0 Å². The second-order valence-corrected chi connectivity index (χ2v) is 3.66. The maximum Gasteiger partial charge on any atom is 0.119 e. The van der Waals surface area contributed by atoms with E-state index in [0.29, 0.717) is 0 Å². The highest BCUT2D eigenvalue weighted by Crippen LogP contribution is 2.13. The first-order valence-electron chi connectivity index (χ1n) is 5.89. The monoisotopic (exact) mass is 216 g/mol. The second-order valence-electron chi connectivity index (χ2n) is 3.66. The van der Waals surface area contributed by atoms with Gasteiger partial charge < -0.3 is 4.74 Å². The third kappa shape index (κ3) is 4.83. The van der Waals surface area contributed by atoms with Crippen LogP contribution in [0.5, 0.6) is 5.75 Å². The van der Waals surface area contributed by atoms with Crippen LogP contribution in [0.2, 0.25) is 0 Å². The van der Waals surface area contributed by atoms with Crippen LogP contribution in [0.15, 0.2) is 42.5 Å². The molecular formula is C15H20O. The van der Waals surface area contributed by atoms with Crippen molar-refractivity contribution in [1.29, 1.82) is 0 Å². The minimum absolute atomic E-state index is 0.810. The minimum atomic E-state index is 0.810. The Hall–Kier alpha value is -1.50. The van der Waals surface area contributed by atoms with Crippen molar-refractivity contribution in [2.24, 2.45) is 0 Å². The molecule has 0 fully saturated rings. The summed E-state index contributed by atoms with van der Waals surface area (Å²) in [6.45, 7) is 4.98. The molecule has 16 heavy (non-hydrogen) atoms. The third-order valence-corrected chi connectivity index (χ3v) is 2.24. The molecule has 0 aliphatic rings. The van der Waals surface area contributed by atoms with Gasteiger partial charge >= 0.3 is 0 Å². The van der Waals surface area contributed by atoms with Crippen LogP contribution in [0.4, 0.5) is 0 Å². The highest BCUT2D eigenvalue weighted by Gasteiger charge is 1.92. The van der Waals surface area contributed by atoms with Crippen LogP contribution in [0.3, 0.4) is 0 Å². The molecule has 0 N–H and O–H groups in total. The van der Waals surface area contributed by atoms with Crippen LogP contribution in [0.1, 0.15) is 32.3 Å². The van der Waals surface area contributed by atoms with Gasteiger partial charge in [0.15, 0.2) is 0 Å². The van der Waals surface area contributed by atoms with E-state index in [9.17, 15) is 0 Å². The van der Waals surface area contributed by atoms with Crippen LogP contribution in [-0.4, -0.2) is 6.61 Å². The molecule has 0 aliphatic carbocycles. The van der Waals surface area contributed by atoms with Crippen LogP contribution in [-0.2, 0) is 0 Å². The van der Waals surface area contributed by atoms with Gasteiger partial charge in [0.25, 0.3) is 0 Å². The second kappa shape index (κ2) is 7.75. The lowest BCUT2D eigenvalue weighted by Gasteiger charge is -2.04. The lowest BCUT2D eigenvalue weighted by Crippen LogP contribution is -1.95. The van der Waals surface area contributed by atoms with E-state index in [-0.39, 0.29) is 0 Å². The zero-order chi connectivity index (χ0) is 11.6. The number of ether oxygens (including phenoxy) is 1. The molecule has 0 radical (unpaired) electrons. The summed E-state index contributed by atoms with van der Waals surface area (Å²) in [5.41, 5.74) is 1.20. The smallest absolute Gasteiger partial charge is 0.119 e. The van der Waals surface area contributed by atoms with Crippen LogP contribution in [0.25, 0.3) is 6.08 Å². The standard InChI is InChI=1S/C15H20O/c1-3-5-7-8-14-9-11-15(12-10-14)16-13-6-4-2/h3,5,7-12H,4,6,13H2,1-2H3/b5-3+,8-7+. The Labute approximate surface area is 98.5 Å². The molecule has 0 amide bonds. The molecule has 86 valence electrons. The summed E-state index contributed by atoms with van der Waals surface area (Å²) >= 11 is 0. The molecule has 0 bridgehead atoms. The van der Waals surface area contributed by atoms with Gasteiger partial charge in [0.05, 0.1) is 6.61 Å². The van der Waals surface area contributed by atoms with Gasteiger partial charge in [0.2, 0.25) is 0 Å². The molecule has 0 spiro atoms. The van der Waals surface area contributed by atoms with E-state index in [1.54, 1.807) is 0 Å². The Kier molecular flexibility index (Phi) is 6.09. The first kappa shape index (κ1) is 12.6. The zero-order valence-electron chi connectivity index (χ0n) is 10.1. The van der Waals surface area contributed by atoms with Crippen LogP contribution in [0, 0.1) is 0 Å². The number of unbranched alkanes of at least 4 members (excludes halogenated alkanes) is 1. The van der Waals surface area contributed by atoms with Crippen molar-refractivity contribution in [3.8, 4) is 5.75 Å². The highest BCUT2D eigenvalue weighted by molar-refractivity contribution is 5.52. The molecule has 1 aromatic carbocycles. The maximum atomic E-state index is 5.59. The first-order chi connectivity index (χ1) is 7.86. The average Bonchev–Trinajstić information content (AvgIpc) is 2.32. The fourth-order valence-electron chi connectivity index (χ4n) is 1.29. The predicted octanol–water partition coefficient (Wildman–Crippen LogP) is 4.45. The van der Waals surface area contributed by atoms with Gasteiger partial charge in [-0.25, -0.2) is 0 Å². The molecule has 0 aliphatic heterocycles. The van der Waals surface area contributed by atoms with Crippen molar-refractivity contribution >= 4 is 6.08 Å². The molecule has 1 aromatic rings. The summed E-state index contributed by atoms with van der Waals surface area (Å²) < 4.78 is 5.59. The Balaban J connectivity index is 2.47. The van der Waals surface area contributed by atoms with Crippen LogP contribution < -0.4 is 4.74 Å². The van der Waals surface area contributed by atoms with E-state index in [0.717, 1.165) is 18.8 Å². The van der Waals surface area contributed by atoms with Gasteiger partial charge in [0, 0.05) is 0 Å². The van der Waals surface area contributed by atoms with Crippen LogP contribution >= 0.6 is 0 Å². The van der Waals surface area contributed by atoms with Crippen molar-refractivity contribution in [3.63, 3.8) is 0 Å². The number of hydrogen-bond donors (Lipinski definition) is 0. The van der Waals surface area contributed by atoms with Gasteiger partial charge in [0.1, 0.15) is 5.75 Å². The SMILES string of the molecule is C/C=C/C=C/c1ccc(OCCCC)cc1. The van der Waals surface area contributed by atoms with Crippen molar-refractivity contribution in [2.75, 3.05) is 6.61 Å². The van der Waals surface area contributed by atoms with Gasteiger partial charge in [-0.2, -0.15) is 0 Å². The molecular weight excluding hydrogens is 196 g/mol. The first-order valence-corrected chi connectivity index (χ1v) is 5.89. The average molecular weight is 216 g/mol. The fourth-order valence-corrected chi connectivity index (χ4v) is 1.29. The topological polar surface area (TPSA) is 9.23 Å². The fraction of sp³-hybridized carbons (Fsp3) is 0.333. The maximum absolute atomic E-state index is 5.59. The lowest BCUT2D eigenvalue weighted by atomic mass is 10.2. The number of hydrogen-bond acceptors (Lipinski definition) is 1. The summed E-state index contributed by atoms with van der Waals surface area (Å²) in [6, 6.07) is 8.18. The summed E-state index contributed by atoms with van der Waals surface area (Å²) in [6.07, 6.45) is 10.4. The minimum Gasteiger partial charge on any atom is -0.494 e. The van der Waals surface area contributed by atoms with E-state index in [2.05, 4.69) is 25.1 Å². The van der Waals surface area contributed by atoms with E-state index >= 15 is 0 Å². The Morgan fingerprint density at radius 3 is 2.50 bits per heavy atom. The Morgan fingerprint density at radius 2 is 1.88 bits per heavy atom. The molecule has 1 rings (SSSR count). The Morgan fingerprint density at radius 1 is 1.12 bits per heavy atom. The van der Waals surface area contributed by atoms with Gasteiger partial charge in [-0.15, -0.1) is 0 Å². The summed E-state index contributed by atoms with van der Waals surface area (Å²) in [5, 5.41) is 0. The highest BCUT2D eigenvalue weighted by atomic mass is 16.5. The van der Waals surface area contributed by atoms with Gasteiger partial charge in [-0.05, 0) is 31.0 Å². The molecule has 0 unspecified atom stereocenters. The normalized spacial score (nSPS) is 11.4. The molecule has 0 saturated carbocycles. The summed E-state index contributed by atoms with van der Waals surface area (Å²) in [7, 11) is 0. The molecule has 0 heterocycles. The van der Waals surface area contributed by atoms with Crippen molar-refractivity contribution < 1.29 is 4.74 Å². The predicted molar refractivity (Wildman–Crippen MR) is 70.7 cm³/mol. The molecule has 0 aromatic heterocycles. The van der Waals surface area contributed by atoms with E-state index in [4.69, 9.17) is 4.74 Å². The third-order valence-electron chi connectivity index (χ3n) is 2.24. The van der Waals surface area contributed by atoms with Crippen molar-refractivity contribution in [3.05, 3.63) is 48.1 Å². The zero-order valence-corrected chi connectivity index (χ0v) is 10.1. The van der Waals surface area contributed by atoms with Crippen molar-refractivity contribution in [1.82, 2.24) is 0 Å². The number of rotatable bonds is 6.